The van der Waals surface area contributed by atoms with E-state index < -0.39 is 54.1 Å². The van der Waals surface area contributed by atoms with E-state index in [-0.39, 0.29) is 0 Å². The molecule has 10 heavy (non-hydrogen) atoms. The molecular weight excluding hydrogens is 122 g/mol. The molecule has 0 aliphatic heterocycles. The Morgan fingerprint density at radius 3 is 2.60 bits per heavy atom. The van der Waals surface area contributed by atoms with Gasteiger partial charge in [-0.25, -0.2) is 0 Å². The topological polar surface area (TPSA) is 26.0 Å². The van der Waals surface area contributed by atoms with Crippen LogP contribution in [0, 0.1) is 0 Å². The minimum atomic E-state index is -2.58. The summed E-state index contributed by atoms with van der Waals surface area (Å²) in [7, 11) is 0. The summed E-state index contributed by atoms with van der Waals surface area (Å²) in [5.41, 5.74) is 4.40. The van der Waals surface area contributed by atoms with E-state index in [1.54, 1.807) is 0 Å². The van der Waals surface area contributed by atoms with Gasteiger partial charge < -0.3 is 5.73 Å². The fourth-order valence-electron chi connectivity index (χ4n) is 0.603. The van der Waals surface area contributed by atoms with Crippen LogP contribution < -0.4 is 5.73 Å². The predicted molar refractivity (Wildman–Crippen MR) is 42.8 cm³/mol. The van der Waals surface area contributed by atoms with Crippen molar-refractivity contribution < 1.29 is 12.3 Å². The van der Waals surface area contributed by atoms with Gasteiger partial charge in [0.25, 0.3) is 0 Å². The molecule has 0 aromatic heterocycles. The maximum absolute atomic E-state index is 7.94. The number of benzene rings is 1. The Bertz CT molecular complexity index is 537. The Kier molecular flexibility index (Phi) is 0.322. The van der Waals surface area contributed by atoms with Crippen LogP contribution in [0.2, 0.25) is 0 Å². The molecule has 1 saturated carbocycles. The molecule has 2 rings (SSSR count). The Hall–Kier alpha value is -0.980. The van der Waals surface area contributed by atoms with Crippen LogP contribution in [0.1, 0.15) is 36.5 Å². The summed E-state index contributed by atoms with van der Waals surface area (Å²) < 4.78 is 68.5. The van der Waals surface area contributed by atoms with E-state index in [1.165, 1.54) is 0 Å². The smallest absolute Gasteiger partial charge is 0.0645 e. The minimum Gasteiger partial charge on any atom is -0.399 e. The molecule has 0 atom stereocenters. The second-order valence-corrected chi connectivity index (χ2v) is 1.91. The summed E-state index contributed by atoms with van der Waals surface area (Å²) in [4.78, 5) is 0. The molecule has 0 heterocycles. The van der Waals surface area contributed by atoms with Gasteiger partial charge in [-0.2, -0.15) is 0 Å². The van der Waals surface area contributed by atoms with Crippen molar-refractivity contribution in [2.45, 2.75) is 18.6 Å². The lowest BCUT2D eigenvalue weighted by Gasteiger charge is -1.96. The van der Waals surface area contributed by atoms with Crippen molar-refractivity contribution in [1.29, 1.82) is 0 Å². The van der Waals surface area contributed by atoms with Crippen LogP contribution in [0.3, 0.4) is 0 Å². The van der Waals surface area contributed by atoms with Crippen molar-refractivity contribution in [2.24, 2.45) is 0 Å². The van der Waals surface area contributed by atoms with Crippen molar-refractivity contribution in [3.63, 3.8) is 0 Å². The van der Waals surface area contributed by atoms with E-state index in [9.17, 15) is 0 Å². The monoisotopic (exact) mass is 142 g/mol. The van der Waals surface area contributed by atoms with Crippen molar-refractivity contribution in [3.05, 3.63) is 29.7 Å². The van der Waals surface area contributed by atoms with Gasteiger partial charge in [-0.05, 0) is 36.3 Å². The van der Waals surface area contributed by atoms with Gasteiger partial charge >= 0.3 is 0 Å². The second-order valence-electron chi connectivity index (χ2n) is 1.91. The summed E-state index contributed by atoms with van der Waals surface area (Å²) in [6.45, 7) is 0. The molecule has 1 aromatic rings. The first-order valence-electron chi connectivity index (χ1n) is 7.29. The first-order valence-corrected chi connectivity index (χ1v) is 2.79. The second kappa shape index (κ2) is 2.01. The van der Waals surface area contributed by atoms with Crippen LogP contribution in [0.25, 0.3) is 0 Å². The zero-order valence-electron chi connectivity index (χ0n) is 14.1. The Morgan fingerprint density at radius 2 is 2.10 bits per heavy atom. The SMILES string of the molecule is [2H]c1c([2H])c(C2([2H])C([2H])([2H])C2([2H])[2H])c([2H])c([2H])c1N. The number of hydrogen-bond donors (Lipinski definition) is 1. The number of nitrogen functional groups attached to an aromatic ring is 1. The van der Waals surface area contributed by atoms with E-state index in [4.69, 9.17) is 18.1 Å². The lowest BCUT2D eigenvalue weighted by molar-refractivity contribution is 1.13. The highest BCUT2D eigenvalue weighted by atomic mass is 14.5. The number of anilines is 1. The third kappa shape index (κ3) is 0.991. The van der Waals surface area contributed by atoms with E-state index in [0.717, 1.165) is 0 Å². The average Bonchev–Trinajstić information content (AvgIpc) is 2.62. The van der Waals surface area contributed by atoms with Gasteiger partial charge in [0.05, 0.1) is 5.48 Å². The molecule has 0 bridgehead atoms. The summed E-state index contributed by atoms with van der Waals surface area (Å²) in [6, 6.07) is -2.50. The van der Waals surface area contributed by atoms with Crippen molar-refractivity contribution >= 4 is 5.69 Å². The molecule has 0 saturated heterocycles. The zero-order valence-corrected chi connectivity index (χ0v) is 5.08. The first kappa shape index (κ1) is 1.60. The third-order valence-corrected chi connectivity index (χ3v) is 1.14. The first-order chi connectivity index (χ1) is 8.43. The molecule has 0 unspecified atom stereocenters. The van der Waals surface area contributed by atoms with Crippen LogP contribution in [0.5, 0.6) is 0 Å². The van der Waals surface area contributed by atoms with Gasteiger partial charge in [0.1, 0.15) is 0 Å². The Morgan fingerprint density at radius 1 is 1.50 bits per heavy atom. The molecule has 1 nitrogen and oxygen atoms in total. The van der Waals surface area contributed by atoms with Crippen LogP contribution >= 0.6 is 0 Å². The standard InChI is InChI=1S/C9H11N/c10-9-5-3-8(4-6-9)7-1-2-7/h3-7H,1-2,10H2/i1D2,2D2,3D,4D,5D,6D,7D. The Labute approximate surface area is 73.5 Å². The van der Waals surface area contributed by atoms with Crippen LogP contribution in [0.15, 0.2) is 24.2 Å². The summed E-state index contributed by atoms with van der Waals surface area (Å²) in [5, 5.41) is 0. The van der Waals surface area contributed by atoms with E-state index >= 15 is 0 Å². The van der Waals surface area contributed by atoms with Gasteiger partial charge in [0, 0.05) is 12.5 Å². The molecule has 0 radical (unpaired) electrons. The van der Waals surface area contributed by atoms with Gasteiger partial charge in [0.2, 0.25) is 0 Å². The third-order valence-electron chi connectivity index (χ3n) is 1.14. The fraction of sp³-hybridized carbons (Fsp3) is 0.333. The molecule has 1 heteroatoms. The highest BCUT2D eigenvalue weighted by Gasteiger charge is 2.22. The van der Waals surface area contributed by atoms with E-state index in [0.29, 0.717) is 0 Å². The van der Waals surface area contributed by atoms with Crippen molar-refractivity contribution in [3.8, 4) is 0 Å². The predicted octanol–water partition coefficient (Wildman–Crippen LogP) is 2.15. The summed E-state index contributed by atoms with van der Waals surface area (Å²) in [5.74, 6) is -2.46. The minimum absolute atomic E-state index is 0.399. The van der Waals surface area contributed by atoms with Gasteiger partial charge in [0.15, 0.2) is 0 Å². The largest absolute Gasteiger partial charge is 0.399 e. The summed E-state index contributed by atoms with van der Waals surface area (Å²) in [6.07, 6.45) is -5.17. The highest BCUT2D eigenvalue weighted by molar-refractivity contribution is 5.41. The zero-order chi connectivity index (χ0) is 15.0. The molecule has 0 amide bonds. The van der Waals surface area contributed by atoms with E-state index in [2.05, 4.69) is 0 Å². The fourth-order valence-corrected chi connectivity index (χ4v) is 0.603. The molecule has 0 spiro atoms. The lowest BCUT2D eigenvalue weighted by Crippen LogP contribution is -1.84. The quantitative estimate of drug-likeness (QED) is 0.597. The maximum atomic E-state index is 7.94. The van der Waals surface area contributed by atoms with Gasteiger partial charge in [-0.3, -0.25) is 0 Å². The van der Waals surface area contributed by atoms with Gasteiger partial charge in [-0.1, -0.05) is 12.1 Å². The van der Waals surface area contributed by atoms with Gasteiger partial charge in [-0.15, -0.1) is 0 Å². The average molecular weight is 142 g/mol. The van der Waals surface area contributed by atoms with E-state index in [1.807, 2.05) is 0 Å². The molecule has 2 N–H and O–H groups in total. The molecule has 1 aliphatic rings. The highest BCUT2D eigenvalue weighted by Crippen LogP contribution is 2.39. The molecular formula is C9H11N. The molecule has 1 aromatic carbocycles. The number of hydrogen-bond acceptors (Lipinski definition) is 1. The molecule has 52 valence electrons. The van der Waals surface area contributed by atoms with Crippen molar-refractivity contribution in [2.75, 3.05) is 5.73 Å². The van der Waals surface area contributed by atoms with Crippen LogP contribution in [0.4, 0.5) is 5.69 Å². The lowest BCUT2D eigenvalue weighted by atomic mass is 10.1. The van der Waals surface area contributed by atoms with Crippen LogP contribution in [-0.2, 0) is 0 Å². The summed E-state index contributed by atoms with van der Waals surface area (Å²) >= 11 is 0. The van der Waals surface area contributed by atoms with Crippen molar-refractivity contribution in [1.82, 2.24) is 0 Å². The van der Waals surface area contributed by atoms with Crippen LogP contribution in [-0.4, -0.2) is 0 Å². The molecule has 1 aliphatic carbocycles. The Balaban J connectivity index is 2.81. The number of nitrogens with two attached hydrogens (primary N) is 1. The maximum Gasteiger partial charge on any atom is 0.0645 e. The number of rotatable bonds is 1. The normalized spacial score (nSPS) is 43.4. The molecule has 1 fully saturated rings.